The Morgan fingerprint density at radius 1 is 1.23 bits per heavy atom. The molecule has 0 spiro atoms. The van der Waals surface area contributed by atoms with Gasteiger partial charge in [0.15, 0.2) is 0 Å². The predicted molar refractivity (Wildman–Crippen MR) is 116 cm³/mol. The molecule has 1 aliphatic heterocycles. The fraction of sp³-hybridized carbons (Fsp3) is 0.333. The van der Waals surface area contributed by atoms with Crippen LogP contribution in [0, 0.1) is 0 Å². The van der Waals surface area contributed by atoms with E-state index in [4.69, 9.17) is 13.9 Å². The van der Waals surface area contributed by atoms with Crippen molar-refractivity contribution in [2.24, 2.45) is 0 Å². The van der Waals surface area contributed by atoms with E-state index in [9.17, 15) is 9.59 Å². The van der Waals surface area contributed by atoms with E-state index in [0.29, 0.717) is 18.1 Å². The van der Waals surface area contributed by atoms with Crippen LogP contribution in [0.2, 0.25) is 0 Å². The number of rotatable bonds is 5. The van der Waals surface area contributed by atoms with Crippen molar-refractivity contribution < 1.29 is 23.5 Å². The Morgan fingerprint density at radius 3 is 2.74 bits per heavy atom. The lowest BCUT2D eigenvalue weighted by molar-refractivity contribution is -0.142. The quantitative estimate of drug-likeness (QED) is 0.490. The molecule has 0 radical (unpaired) electrons. The van der Waals surface area contributed by atoms with E-state index >= 15 is 0 Å². The molecule has 31 heavy (non-hydrogen) atoms. The van der Waals surface area contributed by atoms with Crippen LogP contribution in [0.1, 0.15) is 49.6 Å². The van der Waals surface area contributed by atoms with Crippen LogP contribution < -0.4 is 4.74 Å². The molecule has 3 heterocycles. The molecule has 0 aliphatic carbocycles. The van der Waals surface area contributed by atoms with E-state index in [-0.39, 0.29) is 18.5 Å². The van der Waals surface area contributed by atoms with E-state index in [2.05, 4.69) is 4.98 Å². The van der Waals surface area contributed by atoms with Gasteiger partial charge in [0, 0.05) is 30.4 Å². The van der Waals surface area contributed by atoms with Crippen LogP contribution in [-0.4, -0.2) is 35.4 Å². The number of esters is 1. The Balaban J connectivity index is 1.80. The van der Waals surface area contributed by atoms with Crippen LogP contribution in [0.3, 0.4) is 0 Å². The van der Waals surface area contributed by atoms with Gasteiger partial charge in [-0.15, -0.1) is 0 Å². The Hall–Kier alpha value is -3.48. The van der Waals surface area contributed by atoms with E-state index in [1.165, 1.54) is 6.92 Å². The number of benzene rings is 1. The molecular weight excluding hydrogens is 396 g/mol. The summed E-state index contributed by atoms with van der Waals surface area (Å²) in [5.41, 5.74) is 4.00. The normalized spacial score (nSPS) is 15.5. The number of aromatic amines is 1. The first-order valence-corrected chi connectivity index (χ1v) is 10.2. The summed E-state index contributed by atoms with van der Waals surface area (Å²) in [4.78, 5) is 29.5. The molecule has 0 saturated carbocycles. The number of amides is 1. The topological polar surface area (TPSA) is 84.8 Å². The molecule has 1 atom stereocenters. The number of aromatic nitrogens is 1. The summed E-state index contributed by atoms with van der Waals surface area (Å²) in [6.07, 6.45) is 2.37. The highest BCUT2D eigenvalue weighted by Gasteiger charge is 2.36. The second-order valence-electron chi connectivity index (χ2n) is 7.92. The van der Waals surface area contributed by atoms with Gasteiger partial charge in [0.2, 0.25) is 5.91 Å². The molecule has 0 bridgehead atoms. The first-order valence-electron chi connectivity index (χ1n) is 10.2. The predicted octanol–water partition coefficient (Wildman–Crippen LogP) is 4.27. The van der Waals surface area contributed by atoms with E-state index < -0.39 is 6.04 Å². The van der Waals surface area contributed by atoms with Crippen molar-refractivity contribution in [3.8, 4) is 5.75 Å². The number of furan rings is 1. The number of hydrogen-bond acceptors (Lipinski definition) is 5. The molecule has 1 aromatic carbocycles. The number of methoxy groups -OCH3 is 1. The third-order valence-electron chi connectivity index (χ3n) is 5.40. The molecule has 4 rings (SSSR count). The Bertz CT molecular complexity index is 1170. The van der Waals surface area contributed by atoms with Crippen LogP contribution in [0.15, 0.2) is 46.4 Å². The van der Waals surface area contributed by atoms with Crippen molar-refractivity contribution in [2.45, 2.75) is 39.8 Å². The number of nitrogens with zero attached hydrogens (tertiary/aromatic N) is 1. The minimum atomic E-state index is -0.406. The van der Waals surface area contributed by atoms with Gasteiger partial charge in [-0.1, -0.05) is 5.57 Å². The third-order valence-corrected chi connectivity index (χ3v) is 5.40. The summed E-state index contributed by atoms with van der Waals surface area (Å²) in [7, 11) is 1.65. The van der Waals surface area contributed by atoms with Crippen LogP contribution in [-0.2, 0) is 27.4 Å². The minimum absolute atomic E-state index is 0.0563. The van der Waals surface area contributed by atoms with Crippen LogP contribution in [0.4, 0.5) is 0 Å². The van der Waals surface area contributed by atoms with Gasteiger partial charge in [-0.2, -0.15) is 0 Å². The SMILES string of the molecule is COc1ccc2[nH]c3c(c2c1)CCN(C(=O)C=C(C)C)C3c1ccc(COC(C)=O)o1. The summed E-state index contributed by atoms with van der Waals surface area (Å²) in [6.45, 7) is 5.78. The largest absolute Gasteiger partial charge is 0.497 e. The second kappa shape index (κ2) is 8.34. The summed E-state index contributed by atoms with van der Waals surface area (Å²) < 4.78 is 16.5. The molecule has 1 N–H and O–H groups in total. The molecule has 3 aromatic rings. The lowest BCUT2D eigenvalue weighted by Crippen LogP contribution is -2.39. The van der Waals surface area contributed by atoms with Crippen molar-refractivity contribution in [2.75, 3.05) is 13.7 Å². The average Bonchev–Trinajstić information content (AvgIpc) is 3.34. The molecular formula is C24H26N2O5. The molecule has 2 aromatic heterocycles. The third kappa shape index (κ3) is 4.08. The lowest BCUT2D eigenvalue weighted by Gasteiger charge is -2.34. The fourth-order valence-electron chi connectivity index (χ4n) is 4.05. The standard InChI is InChI=1S/C24H26N2O5/c1-14(2)11-22(28)26-10-9-18-19-12-16(29-4)5-7-20(19)25-23(18)24(26)21-8-6-17(31-21)13-30-15(3)27/h5-8,11-12,24-25H,9-10,13H2,1-4H3. The zero-order chi connectivity index (χ0) is 22.1. The molecule has 7 nitrogen and oxygen atoms in total. The summed E-state index contributed by atoms with van der Waals surface area (Å²) >= 11 is 0. The number of carbonyl (C=O) groups is 2. The summed E-state index contributed by atoms with van der Waals surface area (Å²) in [6, 6.07) is 9.13. The number of fused-ring (bicyclic) bond motifs is 3. The van der Waals surface area contributed by atoms with Crippen LogP contribution in [0.25, 0.3) is 10.9 Å². The Morgan fingerprint density at radius 2 is 2.03 bits per heavy atom. The fourth-order valence-corrected chi connectivity index (χ4v) is 4.05. The van der Waals surface area contributed by atoms with Gasteiger partial charge >= 0.3 is 5.97 Å². The van der Waals surface area contributed by atoms with Crippen molar-refractivity contribution in [3.05, 3.63) is 64.8 Å². The molecule has 1 aliphatic rings. The number of H-pyrrole nitrogens is 1. The first-order chi connectivity index (χ1) is 14.9. The van der Waals surface area contributed by atoms with Crippen molar-refractivity contribution >= 4 is 22.8 Å². The number of hydrogen-bond donors (Lipinski definition) is 1. The molecule has 162 valence electrons. The van der Waals surface area contributed by atoms with Gasteiger partial charge < -0.3 is 23.8 Å². The molecule has 1 unspecified atom stereocenters. The maximum Gasteiger partial charge on any atom is 0.303 e. The number of carbonyl (C=O) groups excluding carboxylic acids is 2. The Labute approximate surface area is 180 Å². The minimum Gasteiger partial charge on any atom is -0.497 e. The van der Waals surface area contributed by atoms with Crippen molar-refractivity contribution in [3.63, 3.8) is 0 Å². The molecule has 0 fully saturated rings. The van der Waals surface area contributed by atoms with E-state index in [0.717, 1.165) is 39.9 Å². The van der Waals surface area contributed by atoms with Crippen LogP contribution in [0.5, 0.6) is 5.75 Å². The highest BCUT2D eigenvalue weighted by molar-refractivity contribution is 5.91. The van der Waals surface area contributed by atoms with Crippen LogP contribution >= 0.6 is 0 Å². The van der Waals surface area contributed by atoms with Crippen molar-refractivity contribution in [1.82, 2.24) is 9.88 Å². The summed E-state index contributed by atoms with van der Waals surface area (Å²) in [5, 5.41) is 1.08. The monoisotopic (exact) mass is 422 g/mol. The maximum absolute atomic E-state index is 13.0. The molecule has 7 heteroatoms. The maximum atomic E-state index is 13.0. The van der Waals surface area contributed by atoms with Gasteiger partial charge in [-0.05, 0) is 56.2 Å². The van der Waals surface area contributed by atoms with Gasteiger partial charge in [-0.25, -0.2) is 0 Å². The lowest BCUT2D eigenvalue weighted by atomic mass is 9.95. The molecule has 1 amide bonds. The smallest absolute Gasteiger partial charge is 0.303 e. The number of nitrogens with one attached hydrogen (secondary N) is 1. The molecule has 0 saturated heterocycles. The summed E-state index contributed by atoms with van der Waals surface area (Å²) in [5.74, 6) is 1.50. The zero-order valence-corrected chi connectivity index (χ0v) is 18.2. The van der Waals surface area contributed by atoms with Gasteiger partial charge in [0.25, 0.3) is 0 Å². The highest BCUT2D eigenvalue weighted by Crippen LogP contribution is 2.40. The van der Waals surface area contributed by atoms with Gasteiger partial charge in [-0.3, -0.25) is 9.59 Å². The number of allylic oxidation sites excluding steroid dienone is 1. The Kier molecular flexibility index (Phi) is 5.59. The van der Waals surface area contributed by atoms with Gasteiger partial charge in [0.05, 0.1) is 12.8 Å². The first kappa shape index (κ1) is 20.8. The van der Waals surface area contributed by atoms with Crippen molar-refractivity contribution in [1.29, 1.82) is 0 Å². The average molecular weight is 422 g/mol. The van der Waals surface area contributed by atoms with E-state index in [1.54, 1.807) is 19.3 Å². The zero-order valence-electron chi connectivity index (χ0n) is 18.2. The van der Waals surface area contributed by atoms with E-state index in [1.807, 2.05) is 43.0 Å². The second-order valence-corrected chi connectivity index (χ2v) is 7.92. The number of ether oxygens (including phenoxy) is 2. The highest BCUT2D eigenvalue weighted by atomic mass is 16.5. The van der Waals surface area contributed by atoms with Gasteiger partial charge in [0.1, 0.15) is 29.9 Å².